The van der Waals surface area contributed by atoms with Gasteiger partial charge in [0.15, 0.2) is 0 Å². The van der Waals surface area contributed by atoms with Crippen molar-refractivity contribution in [3.05, 3.63) is 77.1 Å². The van der Waals surface area contributed by atoms with Crippen LogP contribution in [-0.4, -0.2) is 47.9 Å². The van der Waals surface area contributed by atoms with Crippen LogP contribution in [0.25, 0.3) is 0 Å². The summed E-state index contributed by atoms with van der Waals surface area (Å²) in [5.74, 6) is -3.59. The number of fused-ring (bicyclic) bond motifs is 4. The van der Waals surface area contributed by atoms with Crippen LogP contribution in [0.2, 0.25) is 0 Å². The van der Waals surface area contributed by atoms with Crippen LogP contribution in [-0.2, 0) is 40.6 Å². The Labute approximate surface area is 215 Å². The lowest BCUT2D eigenvalue weighted by Crippen LogP contribution is -2.60. The van der Waals surface area contributed by atoms with E-state index in [0.29, 0.717) is 11.3 Å². The Morgan fingerprint density at radius 1 is 1.03 bits per heavy atom. The second kappa shape index (κ2) is 9.03. The molecule has 3 aliphatic rings. The van der Waals surface area contributed by atoms with Crippen LogP contribution in [0.15, 0.2) is 65.9 Å². The van der Waals surface area contributed by atoms with Gasteiger partial charge in [0.2, 0.25) is 5.91 Å². The van der Waals surface area contributed by atoms with Crippen molar-refractivity contribution >= 4 is 23.5 Å². The SMILES string of the molecule is CCOC(=O)C1=C(C)O[C@H]2[C@@H]1[C@H](C(=O)OCC)[C@](C)(O)[C@@]21C(=O)N(Cc2ccccc2)c2ccccc21. The van der Waals surface area contributed by atoms with Crippen LogP contribution in [0.4, 0.5) is 5.69 Å². The van der Waals surface area contributed by atoms with Crippen LogP contribution >= 0.6 is 0 Å². The second-order valence-corrected chi connectivity index (χ2v) is 9.83. The first kappa shape index (κ1) is 25.0. The van der Waals surface area contributed by atoms with Crippen molar-refractivity contribution in [1.29, 1.82) is 0 Å². The van der Waals surface area contributed by atoms with E-state index in [9.17, 15) is 19.5 Å². The fourth-order valence-electron chi connectivity index (χ4n) is 6.56. The largest absolute Gasteiger partial charge is 0.492 e. The smallest absolute Gasteiger partial charge is 0.337 e. The van der Waals surface area contributed by atoms with Crippen molar-refractivity contribution in [1.82, 2.24) is 0 Å². The van der Waals surface area contributed by atoms with E-state index in [4.69, 9.17) is 14.2 Å². The van der Waals surface area contributed by atoms with Crippen molar-refractivity contribution in [2.75, 3.05) is 18.1 Å². The highest BCUT2D eigenvalue weighted by Crippen LogP contribution is 2.65. The predicted octanol–water partition coefficient (Wildman–Crippen LogP) is 3.27. The Morgan fingerprint density at radius 2 is 1.68 bits per heavy atom. The normalized spacial score (nSPS) is 29.8. The monoisotopic (exact) mass is 505 g/mol. The molecule has 5 atom stereocenters. The molecule has 1 spiro atoms. The molecule has 2 aromatic carbocycles. The number of rotatable bonds is 6. The van der Waals surface area contributed by atoms with E-state index >= 15 is 0 Å². The number of esters is 2. The van der Waals surface area contributed by atoms with E-state index in [1.54, 1.807) is 37.8 Å². The van der Waals surface area contributed by atoms with Gasteiger partial charge in [-0.2, -0.15) is 0 Å². The first-order valence-corrected chi connectivity index (χ1v) is 12.6. The Bertz CT molecular complexity index is 1280. The Morgan fingerprint density at radius 3 is 2.35 bits per heavy atom. The molecule has 1 amide bonds. The quantitative estimate of drug-likeness (QED) is 0.601. The molecule has 5 rings (SSSR count). The zero-order valence-electron chi connectivity index (χ0n) is 21.4. The van der Waals surface area contributed by atoms with Gasteiger partial charge in [-0.05, 0) is 44.9 Å². The minimum absolute atomic E-state index is 0.0821. The number of aliphatic hydroxyl groups is 1. The number of hydrogen-bond acceptors (Lipinski definition) is 7. The van der Waals surface area contributed by atoms with Crippen LogP contribution in [0, 0.1) is 11.8 Å². The van der Waals surface area contributed by atoms with Crippen molar-refractivity contribution < 1.29 is 33.7 Å². The number of benzene rings is 2. The number of hydrogen-bond donors (Lipinski definition) is 1. The van der Waals surface area contributed by atoms with Gasteiger partial charge in [-0.25, -0.2) is 4.79 Å². The molecule has 2 aliphatic heterocycles. The van der Waals surface area contributed by atoms with Crippen LogP contribution < -0.4 is 4.90 Å². The summed E-state index contributed by atoms with van der Waals surface area (Å²) in [5, 5.41) is 12.3. The van der Waals surface area contributed by atoms with Gasteiger partial charge in [0.25, 0.3) is 0 Å². The van der Waals surface area contributed by atoms with Crippen molar-refractivity contribution in [2.24, 2.45) is 11.8 Å². The van der Waals surface area contributed by atoms with Gasteiger partial charge in [0.1, 0.15) is 17.3 Å². The van der Waals surface area contributed by atoms with Crippen molar-refractivity contribution in [3.8, 4) is 0 Å². The fourth-order valence-corrected chi connectivity index (χ4v) is 6.56. The summed E-state index contributed by atoms with van der Waals surface area (Å²) in [6, 6.07) is 16.8. The maximum absolute atomic E-state index is 14.6. The molecule has 8 heteroatoms. The molecule has 2 aromatic rings. The number of carbonyl (C=O) groups is 3. The average Bonchev–Trinajstić information content (AvgIpc) is 3.39. The molecular weight excluding hydrogens is 474 g/mol. The summed E-state index contributed by atoms with van der Waals surface area (Å²) < 4.78 is 17.0. The number of anilines is 1. The summed E-state index contributed by atoms with van der Waals surface area (Å²) in [4.78, 5) is 42.7. The zero-order valence-corrected chi connectivity index (χ0v) is 21.4. The Hall–Kier alpha value is -3.65. The lowest BCUT2D eigenvalue weighted by Gasteiger charge is -2.40. The Kier molecular flexibility index (Phi) is 6.10. The molecule has 0 bridgehead atoms. The highest BCUT2D eigenvalue weighted by atomic mass is 16.5. The third-order valence-electron chi connectivity index (χ3n) is 7.95. The van der Waals surface area contributed by atoms with Crippen molar-refractivity contribution in [3.63, 3.8) is 0 Å². The number of amides is 1. The molecule has 37 heavy (non-hydrogen) atoms. The third kappa shape index (κ3) is 3.35. The molecule has 0 unspecified atom stereocenters. The lowest BCUT2D eigenvalue weighted by atomic mass is 9.67. The van der Waals surface area contributed by atoms with E-state index in [0.717, 1.165) is 5.56 Å². The molecule has 1 aliphatic carbocycles. The van der Waals surface area contributed by atoms with Gasteiger partial charge in [0.05, 0.1) is 36.9 Å². The van der Waals surface area contributed by atoms with Gasteiger partial charge >= 0.3 is 11.9 Å². The summed E-state index contributed by atoms with van der Waals surface area (Å²) in [5.41, 5.74) is -1.34. The average molecular weight is 506 g/mol. The number of para-hydroxylation sites is 1. The molecule has 1 saturated carbocycles. The van der Waals surface area contributed by atoms with Gasteiger partial charge < -0.3 is 24.2 Å². The highest BCUT2D eigenvalue weighted by Gasteiger charge is 2.79. The third-order valence-corrected chi connectivity index (χ3v) is 7.95. The van der Waals surface area contributed by atoms with Gasteiger partial charge in [-0.1, -0.05) is 48.5 Å². The van der Waals surface area contributed by atoms with Gasteiger partial charge in [0, 0.05) is 11.6 Å². The number of nitrogens with zero attached hydrogens (tertiary/aromatic N) is 1. The van der Waals surface area contributed by atoms with Crippen LogP contribution in [0.5, 0.6) is 0 Å². The minimum atomic E-state index is -1.94. The van der Waals surface area contributed by atoms with Crippen LogP contribution in [0.1, 0.15) is 38.8 Å². The summed E-state index contributed by atoms with van der Waals surface area (Å²) in [6.07, 6.45) is -1.01. The Balaban J connectivity index is 1.71. The highest BCUT2D eigenvalue weighted by molar-refractivity contribution is 6.11. The topological polar surface area (TPSA) is 102 Å². The molecule has 0 radical (unpaired) electrons. The summed E-state index contributed by atoms with van der Waals surface area (Å²) in [6.45, 7) is 6.95. The number of carbonyl (C=O) groups excluding carboxylic acids is 3. The standard InChI is InChI=1S/C29H31NO7/c1-5-35-25(31)21-17(3)37-24-22(21)23(26(32)36-6-2)28(4,34)29(24)19-14-10-11-15-20(19)30(27(29)33)16-18-12-8-7-9-13-18/h7-15,22-24,34H,5-6,16H2,1-4H3/t22-,23+,24-,28-,29+/m0/s1. The molecule has 0 saturated heterocycles. The second-order valence-electron chi connectivity index (χ2n) is 9.83. The van der Waals surface area contributed by atoms with E-state index in [2.05, 4.69) is 0 Å². The molecule has 1 N–H and O–H groups in total. The van der Waals surface area contributed by atoms with Gasteiger partial charge in [-0.15, -0.1) is 0 Å². The van der Waals surface area contributed by atoms with E-state index < -0.39 is 40.9 Å². The summed E-state index contributed by atoms with van der Waals surface area (Å²) in [7, 11) is 0. The van der Waals surface area contributed by atoms with E-state index in [1.807, 2.05) is 42.5 Å². The molecule has 194 valence electrons. The molecule has 2 heterocycles. The fraction of sp³-hybridized carbons (Fsp3) is 0.414. The molecule has 0 aromatic heterocycles. The van der Waals surface area contributed by atoms with E-state index in [-0.39, 0.29) is 37.0 Å². The van der Waals surface area contributed by atoms with E-state index in [1.165, 1.54) is 6.92 Å². The zero-order chi connectivity index (χ0) is 26.5. The minimum Gasteiger partial charge on any atom is -0.492 e. The number of allylic oxidation sites excluding steroid dienone is 1. The molecular formula is C29H31NO7. The molecule has 8 nitrogen and oxygen atoms in total. The van der Waals surface area contributed by atoms with Crippen molar-refractivity contribution in [2.45, 2.75) is 51.4 Å². The first-order valence-electron chi connectivity index (χ1n) is 12.6. The molecule has 1 fully saturated rings. The maximum atomic E-state index is 14.6. The summed E-state index contributed by atoms with van der Waals surface area (Å²) >= 11 is 0. The van der Waals surface area contributed by atoms with Gasteiger partial charge in [-0.3, -0.25) is 9.59 Å². The first-order chi connectivity index (χ1) is 17.7. The predicted molar refractivity (Wildman–Crippen MR) is 134 cm³/mol. The maximum Gasteiger partial charge on any atom is 0.337 e. The number of ether oxygens (including phenoxy) is 3. The van der Waals surface area contributed by atoms with Crippen LogP contribution in [0.3, 0.4) is 0 Å². The lowest BCUT2D eigenvalue weighted by molar-refractivity contribution is -0.161.